The zero-order valence-electron chi connectivity index (χ0n) is 13.6. The van der Waals surface area contributed by atoms with Crippen molar-refractivity contribution in [1.82, 2.24) is 4.98 Å². The van der Waals surface area contributed by atoms with Gasteiger partial charge in [-0.05, 0) is 30.7 Å². The molecule has 1 amide bonds. The molecule has 1 heterocycles. The lowest BCUT2D eigenvalue weighted by Crippen LogP contribution is -2.32. The second kappa shape index (κ2) is 8.14. The fourth-order valence-electron chi connectivity index (χ4n) is 2.26. The highest BCUT2D eigenvalue weighted by Gasteiger charge is 2.19. The van der Waals surface area contributed by atoms with Crippen LogP contribution in [0.15, 0.2) is 60.0 Å². The molecule has 0 aliphatic rings. The number of halogens is 1. The number of carbonyl (C=O) groups is 1. The van der Waals surface area contributed by atoms with Crippen LogP contribution in [0, 0.1) is 0 Å². The van der Waals surface area contributed by atoms with E-state index in [1.807, 2.05) is 66.9 Å². The second-order valence-electron chi connectivity index (χ2n) is 5.36. The second-order valence-corrected chi connectivity index (χ2v) is 6.66. The van der Waals surface area contributed by atoms with E-state index in [1.54, 1.807) is 0 Å². The number of benzene rings is 2. The largest absolute Gasteiger partial charge is 0.481 e. The molecule has 1 atom stereocenters. The van der Waals surface area contributed by atoms with Gasteiger partial charge in [0.2, 0.25) is 0 Å². The molecule has 0 radical (unpaired) electrons. The zero-order valence-corrected chi connectivity index (χ0v) is 15.2. The van der Waals surface area contributed by atoms with Crippen LogP contribution < -0.4 is 10.1 Å². The molecule has 1 N–H and O–H groups in total. The number of rotatable bonds is 6. The van der Waals surface area contributed by atoms with Crippen LogP contribution in [0.5, 0.6) is 5.75 Å². The highest BCUT2D eigenvalue weighted by atomic mass is 35.5. The number of carbonyl (C=O) groups excluding carboxylic acids is 1. The third-order valence-electron chi connectivity index (χ3n) is 3.56. The van der Waals surface area contributed by atoms with Crippen LogP contribution in [0.2, 0.25) is 5.02 Å². The molecule has 0 bridgehead atoms. The average molecular weight is 373 g/mol. The van der Waals surface area contributed by atoms with E-state index >= 15 is 0 Å². The molecule has 128 valence electrons. The molecule has 1 unspecified atom stereocenters. The molecule has 1 aromatic heterocycles. The third-order valence-corrected chi connectivity index (χ3v) is 4.57. The standard InChI is InChI=1S/C19H17ClN2O2S/c1-2-17(24-15-6-4-3-5-7-15)18(23)22-19-21-16(12-25-19)13-8-10-14(20)11-9-13/h3-12,17H,2H2,1H3,(H,21,22,23). The van der Waals surface area contributed by atoms with Crippen molar-refractivity contribution >= 4 is 34.0 Å². The van der Waals surface area contributed by atoms with Gasteiger partial charge in [0.25, 0.3) is 5.91 Å². The minimum atomic E-state index is -0.565. The van der Waals surface area contributed by atoms with E-state index in [4.69, 9.17) is 16.3 Å². The van der Waals surface area contributed by atoms with Crippen LogP contribution in [0.3, 0.4) is 0 Å². The molecule has 6 heteroatoms. The lowest BCUT2D eigenvalue weighted by atomic mass is 10.2. The Morgan fingerprint density at radius 1 is 1.20 bits per heavy atom. The fourth-order valence-corrected chi connectivity index (χ4v) is 3.10. The first-order chi connectivity index (χ1) is 12.2. The van der Waals surface area contributed by atoms with Crippen LogP contribution in [-0.4, -0.2) is 17.0 Å². The van der Waals surface area contributed by atoms with Crippen LogP contribution >= 0.6 is 22.9 Å². The van der Waals surface area contributed by atoms with Gasteiger partial charge < -0.3 is 4.74 Å². The Hall–Kier alpha value is -2.37. The van der Waals surface area contributed by atoms with Gasteiger partial charge in [0.1, 0.15) is 5.75 Å². The van der Waals surface area contributed by atoms with Crippen LogP contribution in [0.25, 0.3) is 11.3 Å². The number of ether oxygens (including phenoxy) is 1. The van der Waals surface area contributed by atoms with E-state index < -0.39 is 6.10 Å². The Balaban J connectivity index is 1.67. The van der Waals surface area contributed by atoms with Crippen molar-refractivity contribution < 1.29 is 9.53 Å². The van der Waals surface area contributed by atoms with Crippen molar-refractivity contribution in [2.45, 2.75) is 19.4 Å². The summed E-state index contributed by atoms with van der Waals surface area (Å²) in [5.41, 5.74) is 1.75. The van der Waals surface area contributed by atoms with Crippen LogP contribution in [0.4, 0.5) is 5.13 Å². The lowest BCUT2D eigenvalue weighted by Gasteiger charge is -2.16. The van der Waals surface area contributed by atoms with Gasteiger partial charge in [-0.1, -0.05) is 48.9 Å². The molecule has 0 aliphatic carbocycles. The summed E-state index contributed by atoms with van der Waals surface area (Å²) in [4.78, 5) is 16.9. The molecule has 0 saturated heterocycles. The summed E-state index contributed by atoms with van der Waals surface area (Å²) in [6, 6.07) is 16.7. The SMILES string of the molecule is CCC(Oc1ccccc1)C(=O)Nc1nc(-c2ccc(Cl)cc2)cs1. The zero-order chi connectivity index (χ0) is 17.6. The molecule has 0 fully saturated rings. The number of anilines is 1. The maximum Gasteiger partial charge on any atom is 0.267 e. The molecular formula is C19H17ClN2O2S. The van der Waals surface area contributed by atoms with Gasteiger partial charge in [-0.25, -0.2) is 4.98 Å². The number of amides is 1. The Labute approximate surface area is 155 Å². The quantitative estimate of drug-likeness (QED) is 0.642. The molecule has 4 nitrogen and oxygen atoms in total. The number of thiazole rings is 1. The Kier molecular flexibility index (Phi) is 5.68. The Morgan fingerprint density at radius 3 is 2.60 bits per heavy atom. The molecule has 3 rings (SSSR count). The van der Waals surface area contributed by atoms with Gasteiger partial charge >= 0.3 is 0 Å². The molecular weight excluding hydrogens is 356 g/mol. The molecule has 2 aromatic carbocycles. The van der Waals surface area contributed by atoms with E-state index in [1.165, 1.54) is 11.3 Å². The molecule has 3 aromatic rings. The van der Waals surface area contributed by atoms with Gasteiger partial charge in [-0.2, -0.15) is 0 Å². The fraction of sp³-hybridized carbons (Fsp3) is 0.158. The number of nitrogens with zero attached hydrogens (tertiary/aromatic N) is 1. The van der Waals surface area contributed by atoms with E-state index in [2.05, 4.69) is 10.3 Å². The summed E-state index contributed by atoms with van der Waals surface area (Å²) in [7, 11) is 0. The third kappa shape index (κ3) is 4.59. The van der Waals surface area contributed by atoms with Crippen LogP contribution in [0.1, 0.15) is 13.3 Å². The maximum absolute atomic E-state index is 12.5. The summed E-state index contributed by atoms with van der Waals surface area (Å²) >= 11 is 7.28. The summed E-state index contributed by atoms with van der Waals surface area (Å²) in [6.45, 7) is 1.91. The first-order valence-corrected chi connectivity index (χ1v) is 9.15. The number of hydrogen-bond donors (Lipinski definition) is 1. The van der Waals surface area contributed by atoms with E-state index in [9.17, 15) is 4.79 Å². The minimum Gasteiger partial charge on any atom is -0.481 e. The van der Waals surface area contributed by atoms with Gasteiger partial charge in [0, 0.05) is 16.0 Å². The highest BCUT2D eigenvalue weighted by molar-refractivity contribution is 7.14. The van der Waals surface area contributed by atoms with Crippen molar-refractivity contribution in [3.05, 3.63) is 65.0 Å². The molecule has 0 saturated carbocycles. The Bertz CT molecular complexity index is 834. The van der Waals surface area contributed by atoms with Crippen molar-refractivity contribution in [2.75, 3.05) is 5.32 Å². The monoisotopic (exact) mass is 372 g/mol. The first kappa shape index (κ1) is 17.5. The topological polar surface area (TPSA) is 51.2 Å². The molecule has 25 heavy (non-hydrogen) atoms. The maximum atomic E-state index is 12.5. The molecule has 0 spiro atoms. The van der Waals surface area contributed by atoms with Crippen LogP contribution in [-0.2, 0) is 4.79 Å². The summed E-state index contributed by atoms with van der Waals surface area (Å²) < 4.78 is 5.75. The van der Waals surface area contributed by atoms with Gasteiger partial charge in [0.15, 0.2) is 11.2 Å². The van der Waals surface area contributed by atoms with Gasteiger partial charge in [-0.3, -0.25) is 10.1 Å². The first-order valence-electron chi connectivity index (χ1n) is 7.89. The van der Waals surface area contributed by atoms with Crippen molar-refractivity contribution in [3.63, 3.8) is 0 Å². The minimum absolute atomic E-state index is 0.205. The average Bonchev–Trinajstić information content (AvgIpc) is 3.09. The highest BCUT2D eigenvalue weighted by Crippen LogP contribution is 2.26. The number of para-hydroxylation sites is 1. The summed E-state index contributed by atoms with van der Waals surface area (Å²) in [5, 5.41) is 5.96. The smallest absolute Gasteiger partial charge is 0.267 e. The molecule has 0 aliphatic heterocycles. The van der Waals surface area contributed by atoms with Gasteiger partial charge in [0.05, 0.1) is 5.69 Å². The van der Waals surface area contributed by atoms with Gasteiger partial charge in [-0.15, -0.1) is 11.3 Å². The van der Waals surface area contributed by atoms with Crippen molar-refractivity contribution in [3.8, 4) is 17.0 Å². The number of nitrogens with one attached hydrogen (secondary N) is 1. The summed E-state index contributed by atoms with van der Waals surface area (Å²) in [5.74, 6) is 0.467. The summed E-state index contributed by atoms with van der Waals surface area (Å²) in [6.07, 6.45) is 0.00107. The van der Waals surface area contributed by atoms with E-state index in [-0.39, 0.29) is 5.91 Å². The normalized spacial score (nSPS) is 11.8. The van der Waals surface area contributed by atoms with Crippen molar-refractivity contribution in [2.24, 2.45) is 0 Å². The lowest BCUT2D eigenvalue weighted by molar-refractivity contribution is -0.122. The van der Waals surface area contributed by atoms with E-state index in [0.717, 1.165) is 11.3 Å². The predicted molar refractivity (Wildman–Crippen MR) is 102 cm³/mol. The van der Waals surface area contributed by atoms with Crippen molar-refractivity contribution in [1.29, 1.82) is 0 Å². The van der Waals surface area contributed by atoms with E-state index in [0.29, 0.717) is 22.3 Å². The Morgan fingerprint density at radius 2 is 1.92 bits per heavy atom. The number of hydrogen-bond acceptors (Lipinski definition) is 4. The number of aromatic nitrogens is 1. The predicted octanol–water partition coefficient (Wildman–Crippen LogP) is 5.26.